The van der Waals surface area contributed by atoms with Crippen LogP contribution in [0.15, 0.2) is 65.8 Å². The van der Waals surface area contributed by atoms with Crippen LogP contribution in [0.1, 0.15) is 87.3 Å². The first kappa shape index (κ1) is 31.6. The van der Waals surface area contributed by atoms with Gasteiger partial charge < -0.3 is 19.7 Å². The molecule has 0 bridgehead atoms. The summed E-state index contributed by atoms with van der Waals surface area (Å²) >= 11 is 0. The number of ether oxygens (including phenoxy) is 2. The van der Waals surface area contributed by atoms with E-state index in [2.05, 4.69) is 44.4 Å². The maximum Gasteiger partial charge on any atom is 0.335 e. The van der Waals surface area contributed by atoms with E-state index in [9.17, 15) is 9.59 Å². The van der Waals surface area contributed by atoms with Gasteiger partial charge >= 0.3 is 11.9 Å². The zero-order chi connectivity index (χ0) is 28.9. The molecular formula is C34H46O6. The fourth-order valence-electron chi connectivity index (χ4n) is 5.41. The Morgan fingerprint density at radius 2 is 1.52 bits per heavy atom. The minimum absolute atomic E-state index is 0.0258. The first-order valence-electron chi connectivity index (χ1n) is 14.7. The van der Waals surface area contributed by atoms with E-state index < -0.39 is 31.1 Å². The summed E-state index contributed by atoms with van der Waals surface area (Å²) in [7, 11) is 0. The van der Waals surface area contributed by atoms with Crippen LogP contribution < -0.4 is 0 Å². The number of aliphatic hydroxyl groups is 2. The van der Waals surface area contributed by atoms with Gasteiger partial charge in [-0.15, -0.1) is 0 Å². The SMILES string of the molecule is C=C(CO)C(=O)OCC(COC(=O)C(=C)CO)c1ccc2c(c1)CCC(CCC1=CC=C(CCCCC)CC1)C2. The van der Waals surface area contributed by atoms with Crippen molar-refractivity contribution in [1.82, 2.24) is 0 Å². The third-order valence-electron chi connectivity index (χ3n) is 8.12. The Morgan fingerprint density at radius 3 is 2.10 bits per heavy atom. The van der Waals surface area contributed by atoms with Crippen LogP contribution in [0.5, 0.6) is 0 Å². The van der Waals surface area contributed by atoms with Crippen molar-refractivity contribution in [2.24, 2.45) is 5.92 Å². The van der Waals surface area contributed by atoms with Gasteiger partial charge in [0.25, 0.3) is 0 Å². The lowest BCUT2D eigenvalue weighted by atomic mass is 9.79. The molecule has 0 aromatic heterocycles. The Balaban J connectivity index is 1.59. The van der Waals surface area contributed by atoms with Crippen LogP contribution >= 0.6 is 0 Å². The van der Waals surface area contributed by atoms with Crippen LogP contribution in [0.4, 0.5) is 0 Å². The number of unbranched alkanes of at least 4 members (excludes halogenated alkanes) is 2. The standard InChI is InChI=1S/C34H46O6/c1-4-5-6-7-26-8-10-27(11-9-26)12-13-28-14-15-30-19-31(17-16-29(30)18-28)32(22-39-33(37)24(2)20-35)23-40-34(38)25(3)21-36/h8,10,16-17,19,28,32,35-36H,2-7,9,11-15,18,20-23H2,1H3. The van der Waals surface area contributed by atoms with Crippen molar-refractivity contribution in [2.75, 3.05) is 26.4 Å². The zero-order valence-corrected chi connectivity index (χ0v) is 24.1. The van der Waals surface area contributed by atoms with Crippen LogP contribution in [-0.2, 0) is 31.9 Å². The maximum atomic E-state index is 12.1. The molecule has 1 atom stereocenters. The first-order valence-corrected chi connectivity index (χ1v) is 14.7. The van der Waals surface area contributed by atoms with Crippen molar-refractivity contribution >= 4 is 11.9 Å². The molecule has 1 aromatic rings. The number of fused-ring (bicyclic) bond motifs is 1. The summed E-state index contributed by atoms with van der Waals surface area (Å²) < 4.78 is 10.7. The van der Waals surface area contributed by atoms with Gasteiger partial charge in [-0.25, -0.2) is 9.59 Å². The topological polar surface area (TPSA) is 93.1 Å². The van der Waals surface area contributed by atoms with Crippen molar-refractivity contribution < 1.29 is 29.3 Å². The number of allylic oxidation sites excluding steroid dienone is 4. The molecule has 0 fully saturated rings. The van der Waals surface area contributed by atoms with Crippen LogP contribution in [0.3, 0.4) is 0 Å². The highest BCUT2D eigenvalue weighted by Gasteiger charge is 2.23. The van der Waals surface area contributed by atoms with Crippen LogP contribution in [0.2, 0.25) is 0 Å². The molecule has 0 amide bonds. The molecule has 1 unspecified atom stereocenters. The number of hydrogen-bond acceptors (Lipinski definition) is 6. The van der Waals surface area contributed by atoms with E-state index in [1.54, 1.807) is 11.1 Å². The van der Waals surface area contributed by atoms with Gasteiger partial charge in [-0.3, -0.25) is 0 Å². The minimum atomic E-state index is -0.685. The van der Waals surface area contributed by atoms with Gasteiger partial charge in [0.2, 0.25) is 0 Å². The second-order valence-electron chi connectivity index (χ2n) is 11.2. The largest absolute Gasteiger partial charge is 0.461 e. The van der Waals surface area contributed by atoms with Crippen LogP contribution in [0.25, 0.3) is 0 Å². The molecule has 40 heavy (non-hydrogen) atoms. The van der Waals surface area contributed by atoms with E-state index in [1.807, 2.05) is 6.07 Å². The molecular weight excluding hydrogens is 504 g/mol. The predicted molar refractivity (Wildman–Crippen MR) is 158 cm³/mol. The summed E-state index contributed by atoms with van der Waals surface area (Å²) in [5.41, 5.74) is 6.68. The number of carbonyl (C=O) groups excluding carboxylic acids is 2. The molecule has 0 heterocycles. The van der Waals surface area contributed by atoms with E-state index in [1.165, 1.54) is 62.5 Å². The lowest BCUT2D eigenvalue weighted by molar-refractivity contribution is -0.142. The third-order valence-corrected chi connectivity index (χ3v) is 8.12. The van der Waals surface area contributed by atoms with E-state index >= 15 is 0 Å². The number of rotatable bonds is 16. The second-order valence-corrected chi connectivity index (χ2v) is 11.2. The molecule has 2 aliphatic carbocycles. The van der Waals surface area contributed by atoms with Crippen molar-refractivity contribution in [3.8, 4) is 0 Å². The van der Waals surface area contributed by atoms with Gasteiger partial charge in [0.05, 0.1) is 30.3 Å². The predicted octanol–water partition coefficient (Wildman–Crippen LogP) is 6.07. The van der Waals surface area contributed by atoms with Crippen molar-refractivity contribution in [3.05, 3.63) is 82.5 Å². The molecule has 0 saturated heterocycles. The molecule has 6 heteroatoms. The molecule has 0 saturated carbocycles. The van der Waals surface area contributed by atoms with Gasteiger partial charge in [-0.1, -0.05) is 74.4 Å². The third kappa shape index (κ3) is 9.60. The van der Waals surface area contributed by atoms with Crippen molar-refractivity contribution in [3.63, 3.8) is 0 Å². The molecule has 2 N–H and O–H groups in total. The maximum absolute atomic E-state index is 12.1. The summed E-state index contributed by atoms with van der Waals surface area (Å²) in [6.07, 6.45) is 17.9. The fraction of sp³-hybridized carbons (Fsp3) is 0.529. The quantitative estimate of drug-likeness (QED) is 0.148. The Kier molecular flexibility index (Phi) is 12.9. The average Bonchev–Trinajstić information content (AvgIpc) is 2.99. The van der Waals surface area contributed by atoms with E-state index in [0.29, 0.717) is 5.92 Å². The summed E-state index contributed by atoms with van der Waals surface area (Å²) in [4.78, 5) is 24.1. The molecule has 218 valence electrons. The first-order chi connectivity index (χ1) is 19.3. The monoisotopic (exact) mass is 550 g/mol. The number of benzene rings is 1. The Morgan fingerprint density at radius 1 is 0.900 bits per heavy atom. The lowest BCUT2D eigenvalue weighted by Crippen LogP contribution is -2.22. The molecule has 3 rings (SSSR count). The Hall–Kier alpha value is -2.96. The van der Waals surface area contributed by atoms with E-state index in [4.69, 9.17) is 19.7 Å². The molecule has 0 spiro atoms. The number of aliphatic hydroxyl groups excluding tert-OH is 2. The summed E-state index contributed by atoms with van der Waals surface area (Å²) in [6, 6.07) is 6.30. The van der Waals surface area contributed by atoms with Crippen LogP contribution in [-0.4, -0.2) is 48.6 Å². The highest BCUT2D eigenvalue weighted by atomic mass is 16.5. The smallest absolute Gasteiger partial charge is 0.335 e. The molecule has 0 aliphatic heterocycles. The van der Waals surface area contributed by atoms with Gasteiger partial charge in [-0.05, 0) is 80.4 Å². The lowest BCUT2D eigenvalue weighted by Gasteiger charge is -2.27. The normalized spacial score (nSPS) is 16.6. The van der Waals surface area contributed by atoms with Crippen molar-refractivity contribution in [2.45, 2.75) is 83.5 Å². The highest BCUT2D eigenvalue weighted by molar-refractivity contribution is 5.88. The van der Waals surface area contributed by atoms with Gasteiger partial charge in [0.1, 0.15) is 13.2 Å². The van der Waals surface area contributed by atoms with Crippen molar-refractivity contribution in [1.29, 1.82) is 0 Å². The number of aryl methyl sites for hydroxylation is 1. The van der Waals surface area contributed by atoms with E-state index in [0.717, 1.165) is 24.8 Å². The van der Waals surface area contributed by atoms with E-state index in [-0.39, 0.29) is 24.4 Å². The Labute approximate surface area is 239 Å². The van der Waals surface area contributed by atoms with Gasteiger partial charge in [0.15, 0.2) is 0 Å². The second kappa shape index (κ2) is 16.3. The number of carbonyl (C=O) groups is 2. The fourth-order valence-corrected chi connectivity index (χ4v) is 5.41. The highest BCUT2D eigenvalue weighted by Crippen LogP contribution is 2.33. The minimum Gasteiger partial charge on any atom is -0.461 e. The number of hydrogen-bond donors (Lipinski definition) is 2. The molecule has 0 radical (unpaired) electrons. The Bertz CT molecular complexity index is 1080. The summed E-state index contributed by atoms with van der Waals surface area (Å²) in [5.74, 6) is -1.10. The average molecular weight is 551 g/mol. The summed E-state index contributed by atoms with van der Waals surface area (Å²) in [5, 5.41) is 18.3. The summed E-state index contributed by atoms with van der Waals surface area (Å²) in [6.45, 7) is 8.24. The zero-order valence-electron chi connectivity index (χ0n) is 24.1. The van der Waals surface area contributed by atoms with Gasteiger partial charge in [0, 0.05) is 0 Å². The number of esters is 2. The van der Waals surface area contributed by atoms with Crippen LogP contribution in [0, 0.1) is 5.92 Å². The molecule has 2 aliphatic rings. The van der Waals surface area contributed by atoms with Gasteiger partial charge in [-0.2, -0.15) is 0 Å². The molecule has 6 nitrogen and oxygen atoms in total. The molecule has 1 aromatic carbocycles.